The summed E-state index contributed by atoms with van der Waals surface area (Å²) in [4.78, 5) is 41.1. The van der Waals surface area contributed by atoms with E-state index in [1.165, 1.54) is 56.2 Å². The van der Waals surface area contributed by atoms with Crippen molar-refractivity contribution in [2.24, 2.45) is 17.3 Å². The third-order valence-corrected chi connectivity index (χ3v) is 17.9. The Morgan fingerprint density at radius 1 is 0.644 bits per heavy atom. The highest BCUT2D eigenvalue weighted by Gasteiger charge is 2.60. The molecule has 0 spiro atoms. The van der Waals surface area contributed by atoms with Crippen LogP contribution in [0.1, 0.15) is 105 Å². The highest BCUT2D eigenvalue weighted by Crippen LogP contribution is 2.63. The van der Waals surface area contributed by atoms with Crippen molar-refractivity contribution in [1.82, 2.24) is 9.55 Å². The number of carbonyl (C=O) groups is 3. The van der Waals surface area contributed by atoms with Gasteiger partial charge in [0.05, 0.1) is 17.5 Å². The Kier molecular flexibility index (Phi) is 18.5. The molecule has 4 aliphatic carbocycles. The summed E-state index contributed by atoms with van der Waals surface area (Å²) in [6.45, 7) is 14.4. The predicted molar refractivity (Wildman–Crippen MR) is 273 cm³/mol. The van der Waals surface area contributed by atoms with E-state index >= 15 is 0 Å². The fraction of sp³-hybridized carbons (Fsp3) is 0.390. The van der Waals surface area contributed by atoms with Gasteiger partial charge in [-0.3, -0.25) is 0 Å². The van der Waals surface area contributed by atoms with Gasteiger partial charge in [-0.25, -0.2) is 23.9 Å². The molecule has 5 aromatic carbocycles. The molecule has 0 saturated heterocycles. The quantitative estimate of drug-likeness (QED) is 0.0630. The molecule has 6 aromatic rings. The fourth-order valence-electron chi connectivity index (χ4n) is 9.83. The number of carboxylic acid groups (broad SMARTS) is 1. The number of alkyl halides is 4. The van der Waals surface area contributed by atoms with E-state index in [9.17, 15) is 31.9 Å². The number of aliphatic carboxylic acids is 1. The Hall–Kier alpha value is -5.48. The number of nitrogens with zero attached hydrogens (tertiary/aromatic N) is 2. The zero-order valence-corrected chi connectivity index (χ0v) is 45.8. The number of halogens is 5. The molecule has 14 heteroatoms. The van der Waals surface area contributed by atoms with Crippen molar-refractivity contribution in [2.75, 3.05) is 6.61 Å². The van der Waals surface area contributed by atoms with E-state index in [1.54, 1.807) is 0 Å². The van der Waals surface area contributed by atoms with E-state index in [1.807, 2.05) is 0 Å². The number of ether oxygens (including phenoxy) is 2. The Morgan fingerprint density at radius 2 is 1.05 bits per heavy atom. The van der Waals surface area contributed by atoms with Crippen molar-refractivity contribution >= 4 is 28.9 Å². The van der Waals surface area contributed by atoms with Crippen molar-refractivity contribution in [1.29, 1.82) is 0 Å². The van der Waals surface area contributed by atoms with Crippen LogP contribution in [-0.2, 0) is 40.8 Å². The Morgan fingerprint density at radius 3 is 1.40 bits per heavy atom. The van der Waals surface area contributed by atoms with Crippen molar-refractivity contribution in [2.45, 2.75) is 137 Å². The number of benzene rings is 5. The van der Waals surface area contributed by atoms with E-state index < -0.39 is 35.5 Å². The molecule has 10 rings (SSSR count). The number of hydrogen-bond acceptors (Lipinski definition) is 6. The molecule has 1 N–H and O–H groups in total. The highest BCUT2D eigenvalue weighted by molar-refractivity contribution is 7.97. The minimum Gasteiger partial charge on any atom is -0.477 e. The maximum Gasteiger partial charge on any atom is 0.419 e. The molecule has 0 amide bonds. The van der Waals surface area contributed by atoms with Gasteiger partial charge in [0.2, 0.25) is 0 Å². The molecule has 1 heterocycles. The van der Waals surface area contributed by atoms with Crippen molar-refractivity contribution in [3.8, 4) is 0 Å². The molecular weight excluding hydrogens is 1070 g/mol. The third kappa shape index (κ3) is 16.3. The van der Waals surface area contributed by atoms with Crippen LogP contribution in [-0.4, -0.2) is 56.7 Å². The van der Waals surface area contributed by atoms with Crippen LogP contribution in [0, 0.1) is 24.4 Å². The van der Waals surface area contributed by atoms with Gasteiger partial charge in [-0.1, -0.05) is 120 Å². The van der Waals surface area contributed by atoms with Gasteiger partial charge in [0.25, 0.3) is 0 Å². The Balaban J connectivity index is 0.000000169. The van der Waals surface area contributed by atoms with Crippen LogP contribution >= 0.6 is 0 Å². The highest BCUT2D eigenvalue weighted by atomic mass is 127. The number of esters is 1. The minimum absolute atomic E-state index is 0.0146. The summed E-state index contributed by atoms with van der Waals surface area (Å²) < 4.78 is 63.9. The van der Waals surface area contributed by atoms with Crippen LogP contribution in [0.5, 0.6) is 0 Å². The fourth-order valence-corrected chi connectivity index (χ4v) is 14.1. The standard InChI is InChI=1S/C20H26I.C18H22F2N2O4.C18H15S.C3H4F2O2/c1-19(2,3)15-7-11-17(12-8-15)21-18-13-9-16(10-14-18)20(4,5)6;1-16(19,20)14(23)25-10-17-5-12-4-13(6-17)8-18(7-12,9-17)26-15(24)22-3-2-21-11-22;1-4-10-16(11-5-1)19(17-12-6-2-7-13-17)18-14-8-3-9-15-18;1-3(4,5)2(6)7/h7-14H,1-6H3;2-3,11-13H,4-10H2,1H3;1-15H;1H3,(H,6,7)/q+1;;+1;. The molecule has 0 radical (unpaired) electrons. The summed E-state index contributed by atoms with van der Waals surface area (Å²) in [6, 6.07) is 50.6. The molecule has 4 bridgehead atoms. The maximum absolute atomic E-state index is 13.1. The minimum atomic E-state index is -3.58. The molecule has 8 nitrogen and oxygen atoms in total. The van der Waals surface area contributed by atoms with Crippen molar-refractivity contribution < 1.29 is 67.7 Å². The summed E-state index contributed by atoms with van der Waals surface area (Å²) in [5, 5.41) is 7.50. The van der Waals surface area contributed by atoms with Gasteiger partial charge in [-0.15, -0.1) is 0 Å². The smallest absolute Gasteiger partial charge is 0.419 e. The summed E-state index contributed by atoms with van der Waals surface area (Å²) in [5.74, 6) is -9.92. The predicted octanol–water partition coefficient (Wildman–Crippen LogP) is 11.3. The van der Waals surface area contributed by atoms with Crippen LogP contribution in [0.2, 0.25) is 0 Å². The molecule has 1 aromatic heterocycles. The zero-order valence-electron chi connectivity index (χ0n) is 42.8. The molecule has 4 fully saturated rings. The van der Waals surface area contributed by atoms with Gasteiger partial charge in [0, 0.05) is 31.7 Å². The SMILES string of the molecule is CC(C)(C)c1ccc([I+]c2ccc(C(C)(C)C)cc2)cc1.CC(F)(F)C(=O)O.CC(F)(F)C(=O)OCC12CC3CC(C1)CC(OC(=O)n1ccnc1)(C3)C2.c1ccc([S+](c2ccccc2)c2ccccc2)cc1. The number of imidazole rings is 1. The van der Waals surface area contributed by atoms with Crippen LogP contribution in [0.3, 0.4) is 0 Å². The first kappa shape index (κ1) is 56.8. The molecule has 73 heavy (non-hydrogen) atoms. The number of hydrogen-bond donors (Lipinski definition) is 1. The number of rotatable bonds is 10. The van der Waals surface area contributed by atoms with Crippen LogP contribution < -0.4 is 21.2 Å². The number of carbonyl (C=O) groups excluding carboxylic acids is 2. The first-order valence-electron chi connectivity index (χ1n) is 24.4. The first-order valence-corrected chi connectivity index (χ1v) is 27.8. The zero-order chi connectivity index (χ0) is 53.2. The molecule has 0 aliphatic heterocycles. The summed E-state index contributed by atoms with van der Waals surface area (Å²) in [6.07, 6.45) is 8.79. The van der Waals surface area contributed by atoms with E-state index in [4.69, 9.17) is 14.6 Å². The first-order chi connectivity index (χ1) is 34.2. The maximum atomic E-state index is 13.1. The Bertz CT molecular complexity index is 2540. The largest absolute Gasteiger partial charge is 0.477 e. The van der Waals surface area contributed by atoms with E-state index in [-0.39, 0.29) is 55.0 Å². The molecular formula is C59H67F4IN2O6S+2. The lowest BCUT2D eigenvalue weighted by atomic mass is 9.48. The van der Waals surface area contributed by atoms with E-state index in [0.717, 1.165) is 32.1 Å². The van der Waals surface area contributed by atoms with Crippen LogP contribution in [0.15, 0.2) is 173 Å². The van der Waals surface area contributed by atoms with Crippen molar-refractivity contribution in [3.63, 3.8) is 0 Å². The average molecular weight is 1140 g/mol. The van der Waals surface area contributed by atoms with Gasteiger partial charge < -0.3 is 14.6 Å². The van der Waals surface area contributed by atoms with Crippen molar-refractivity contribution in [3.05, 3.63) is 177 Å². The van der Waals surface area contributed by atoms with Crippen LogP contribution in [0.25, 0.3) is 0 Å². The molecule has 2 unspecified atom stereocenters. The molecule has 4 aliphatic rings. The molecule has 388 valence electrons. The normalized spacial score (nSPS) is 20.0. The second kappa shape index (κ2) is 23.8. The third-order valence-electron chi connectivity index (χ3n) is 13.0. The lowest BCUT2D eigenvalue weighted by molar-refractivity contribution is -0.597. The second-order valence-electron chi connectivity index (χ2n) is 21.5. The lowest BCUT2D eigenvalue weighted by Crippen LogP contribution is -3.61. The van der Waals surface area contributed by atoms with E-state index in [2.05, 4.69) is 186 Å². The molecule has 2 atom stereocenters. The Labute approximate surface area is 440 Å². The van der Waals surface area contributed by atoms with Gasteiger partial charge in [0.1, 0.15) is 11.9 Å². The van der Waals surface area contributed by atoms with Crippen LogP contribution in [0.4, 0.5) is 22.4 Å². The summed E-state index contributed by atoms with van der Waals surface area (Å²) in [5.41, 5.74) is 2.33. The lowest BCUT2D eigenvalue weighted by Gasteiger charge is -2.60. The van der Waals surface area contributed by atoms with Gasteiger partial charge >= 0.3 is 51.1 Å². The summed E-state index contributed by atoms with van der Waals surface area (Å²) >= 11 is -0.0703. The molecule has 4 saturated carbocycles. The average Bonchev–Trinajstić information content (AvgIpc) is 3.87. The van der Waals surface area contributed by atoms with Gasteiger partial charge in [-0.2, -0.15) is 17.6 Å². The topological polar surface area (TPSA) is 108 Å². The second-order valence-corrected chi connectivity index (χ2v) is 26.6. The number of aromatic nitrogens is 2. The van der Waals surface area contributed by atoms with Gasteiger partial charge in [-0.05, 0) is 133 Å². The number of carboxylic acids is 1. The monoisotopic (exact) mass is 1130 g/mol. The van der Waals surface area contributed by atoms with Gasteiger partial charge in [0.15, 0.2) is 21.8 Å². The van der Waals surface area contributed by atoms with E-state index in [0.29, 0.717) is 32.1 Å². The summed E-state index contributed by atoms with van der Waals surface area (Å²) in [7, 11) is -0.0146.